The first-order valence-corrected chi connectivity index (χ1v) is 12.5. The molecule has 180 valence electrons. The van der Waals surface area contributed by atoms with Crippen molar-refractivity contribution in [3.63, 3.8) is 0 Å². The average molecular weight is 460 g/mol. The van der Waals surface area contributed by atoms with Crippen LogP contribution in [0.1, 0.15) is 73.8 Å². The highest BCUT2D eigenvalue weighted by atomic mass is 16.5. The highest BCUT2D eigenvalue weighted by Gasteiger charge is 2.35. The Morgan fingerprint density at radius 1 is 1.03 bits per heavy atom. The minimum atomic E-state index is -0.142. The van der Waals surface area contributed by atoms with Crippen molar-refractivity contribution < 1.29 is 13.9 Å². The number of carbonyl (C=O) groups excluding carboxylic acids is 1. The van der Waals surface area contributed by atoms with Crippen LogP contribution in [0.15, 0.2) is 77.4 Å². The molecule has 0 spiro atoms. The molecule has 0 saturated carbocycles. The first-order chi connectivity index (χ1) is 16.4. The van der Waals surface area contributed by atoms with Crippen LogP contribution in [0.5, 0.6) is 0 Å². The number of benzene rings is 2. The zero-order chi connectivity index (χ0) is 24.0. The zero-order valence-corrected chi connectivity index (χ0v) is 20.6. The van der Waals surface area contributed by atoms with Crippen LogP contribution >= 0.6 is 0 Å². The maximum Gasteiger partial charge on any atom is 0.220 e. The molecule has 2 aromatic carbocycles. The largest absolute Gasteiger partial charge is 0.469 e. The van der Waals surface area contributed by atoms with Crippen molar-refractivity contribution in [3.05, 3.63) is 95.4 Å². The molecule has 1 aliphatic rings. The molecule has 1 N–H and O–H groups in total. The summed E-state index contributed by atoms with van der Waals surface area (Å²) in [6.45, 7) is 7.76. The van der Waals surface area contributed by atoms with Gasteiger partial charge in [0.2, 0.25) is 5.91 Å². The lowest BCUT2D eigenvalue weighted by molar-refractivity contribution is -0.123. The number of nitrogens with one attached hydrogen (secondary N) is 1. The summed E-state index contributed by atoms with van der Waals surface area (Å²) in [5.74, 6) is 1.80. The van der Waals surface area contributed by atoms with Crippen LogP contribution in [-0.4, -0.2) is 24.7 Å². The molecule has 4 rings (SSSR count). The summed E-state index contributed by atoms with van der Waals surface area (Å²) in [5.41, 5.74) is 3.55. The molecule has 0 aliphatic carbocycles. The van der Waals surface area contributed by atoms with Crippen LogP contribution in [0.3, 0.4) is 0 Å². The zero-order valence-electron chi connectivity index (χ0n) is 20.6. The number of ether oxygens (including phenoxy) is 1. The molecule has 4 nitrogen and oxygen atoms in total. The van der Waals surface area contributed by atoms with Crippen LogP contribution in [0.2, 0.25) is 0 Å². The highest BCUT2D eigenvalue weighted by Crippen LogP contribution is 2.40. The van der Waals surface area contributed by atoms with E-state index in [1.54, 1.807) is 6.26 Å². The summed E-state index contributed by atoms with van der Waals surface area (Å²) < 4.78 is 11.7. The SMILES string of the molecule is Cc1ccc([C@H](CCNC(=O)C[C@H](c2ccccc2)[C@@H]2CCOC(C)(C)C2)c2ccco2)cc1. The van der Waals surface area contributed by atoms with Gasteiger partial charge >= 0.3 is 0 Å². The number of hydrogen-bond donors (Lipinski definition) is 1. The van der Waals surface area contributed by atoms with Crippen molar-refractivity contribution in [1.82, 2.24) is 5.32 Å². The van der Waals surface area contributed by atoms with Crippen molar-refractivity contribution in [3.8, 4) is 0 Å². The Labute approximate surface area is 203 Å². The van der Waals surface area contributed by atoms with Gasteiger partial charge in [0.15, 0.2) is 0 Å². The lowest BCUT2D eigenvalue weighted by Gasteiger charge is -2.39. The van der Waals surface area contributed by atoms with Crippen LogP contribution in [0.25, 0.3) is 0 Å². The second-order valence-electron chi connectivity index (χ2n) is 10.2. The molecule has 34 heavy (non-hydrogen) atoms. The van der Waals surface area contributed by atoms with E-state index in [1.807, 2.05) is 18.2 Å². The minimum Gasteiger partial charge on any atom is -0.469 e. The molecule has 4 heteroatoms. The van der Waals surface area contributed by atoms with E-state index in [4.69, 9.17) is 9.15 Å². The summed E-state index contributed by atoms with van der Waals surface area (Å²) in [6, 6.07) is 23.0. The number of aryl methyl sites for hydroxylation is 1. The smallest absolute Gasteiger partial charge is 0.220 e. The van der Waals surface area contributed by atoms with Gasteiger partial charge in [-0.05, 0) is 75.1 Å². The van der Waals surface area contributed by atoms with Crippen LogP contribution < -0.4 is 5.32 Å². The summed E-state index contributed by atoms with van der Waals surface area (Å²) in [7, 11) is 0. The van der Waals surface area contributed by atoms with Gasteiger partial charge in [-0.1, -0.05) is 60.2 Å². The van der Waals surface area contributed by atoms with Crippen LogP contribution in [0.4, 0.5) is 0 Å². The number of rotatable bonds is 9. The maximum absolute atomic E-state index is 13.1. The Morgan fingerprint density at radius 2 is 1.79 bits per heavy atom. The van der Waals surface area contributed by atoms with Gasteiger partial charge in [-0.3, -0.25) is 4.79 Å². The molecule has 0 radical (unpaired) electrons. The first-order valence-electron chi connectivity index (χ1n) is 12.5. The third kappa shape index (κ3) is 6.38. The summed E-state index contributed by atoms with van der Waals surface area (Å²) in [5, 5.41) is 3.20. The molecule has 1 amide bonds. The van der Waals surface area contributed by atoms with E-state index >= 15 is 0 Å². The molecular formula is C30H37NO3. The Kier molecular flexibility index (Phi) is 7.89. The Morgan fingerprint density at radius 3 is 2.47 bits per heavy atom. The first kappa shape index (κ1) is 24.3. The number of furan rings is 1. The van der Waals surface area contributed by atoms with Crippen LogP contribution in [0, 0.1) is 12.8 Å². The fourth-order valence-electron chi connectivity index (χ4n) is 5.27. The predicted molar refractivity (Wildman–Crippen MR) is 136 cm³/mol. The van der Waals surface area contributed by atoms with E-state index < -0.39 is 0 Å². The summed E-state index contributed by atoms with van der Waals surface area (Å²) in [6.07, 6.45) is 4.97. The van der Waals surface area contributed by atoms with Gasteiger partial charge in [0, 0.05) is 25.5 Å². The molecule has 1 fully saturated rings. The van der Waals surface area contributed by atoms with E-state index in [0.717, 1.165) is 31.6 Å². The van der Waals surface area contributed by atoms with Gasteiger partial charge in [0.1, 0.15) is 5.76 Å². The second kappa shape index (κ2) is 11.1. The Balaban J connectivity index is 1.40. The van der Waals surface area contributed by atoms with E-state index in [0.29, 0.717) is 18.9 Å². The monoisotopic (exact) mass is 459 g/mol. The van der Waals surface area contributed by atoms with Crippen molar-refractivity contribution in [2.24, 2.45) is 5.92 Å². The van der Waals surface area contributed by atoms with E-state index in [1.165, 1.54) is 16.7 Å². The molecule has 1 aromatic heterocycles. The molecule has 0 bridgehead atoms. The van der Waals surface area contributed by atoms with Gasteiger partial charge in [0.25, 0.3) is 0 Å². The van der Waals surface area contributed by atoms with Crippen molar-refractivity contribution >= 4 is 5.91 Å². The van der Waals surface area contributed by atoms with Gasteiger partial charge < -0.3 is 14.5 Å². The number of amides is 1. The average Bonchev–Trinajstić information content (AvgIpc) is 3.36. The van der Waals surface area contributed by atoms with Crippen molar-refractivity contribution in [2.45, 2.75) is 63.9 Å². The molecular weight excluding hydrogens is 422 g/mol. The Hall–Kier alpha value is -2.85. The van der Waals surface area contributed by atoms with Gasteiger partial charge in [-0.2, -0.15) is 0 Å². The summed E-state index contributed by atoms with van der Waals surface area (Å²) in [4.78, 5) is 13.1. The number of hydrogen-bond acceptors (Lipinski definition) is 3. The molecule has 1 aliphatic heterocycles. The molecule has 3 atom stereocenters. The topological polar surface area (TPSA) is 51.5 Å². The third-order valence-electron chi connectivity index (χ3n) is 7.06. The predicted octanol–water partition coefficient (Wildman–Crippen LogP) is 6.61. The van der Waals surface area contributed by atoms with Gasteiger partial charge in [0.05, 0.1) is 11.9 Å². The highest BCUT2D eigenvalue weighted by molar-refractivity contribution is 5.77. The lowest BCUT2D eigenvalue weighted by Crippen LogP contribution is -2.37. The second-order valence-corrected chi connectivity index (χ2v) is 10.2. The van der Waals surface area contributed by atoms with Crippen LogP contribution in [-0.2, 0) is 9.53 Å². The molecule has 2 heterocycles. The van der Waals surface area contributed by atoms with Gasteiger partial charge in [-0.15, -0.1) is 0 Å². The van der Waals surface area contributed by atoms with E-state index in [9.17, 15) is 4.79 Å². The van der Waals surface area contributed by atoms with E-state index in [2.05, 4.69) is 74.6 Å². The normalized spacial score (nSPS) is 19.3. The quantitative estimate of drug-likeness (QED) is 0.392. The van der Waals surface area contributed by atoms with Gasteiger partial charge in [-0.25, -0.2) is 0 Å². The lowest BCUT2D eigenvalue weighted by atomic mass is 9.75. The van der Waals surface area contributed by atoms with Crippen molar-refractivity contribution in [2.75, 3.05) is 13.2 Å². The summed E-state index contributed by atoms with van der Waals surface area (Å²) >= 11 is 0. The minimum absolute atomic E-state index is 0.111. The Bertz CT molecular complexity index is 1020. The standard InChI is InChI=1S/C30H37NO3/c1-22-11-13-24(14-12-22)26(28-10-7-18-33-28)15-17-31-29(32)20-27(23-8-5-4-6-9-23)25-16-19-34-30(2,3)21-25/h4-14,18,25-27H,15-17,19-21H2,1-3H3,(H,31,32)/t25-,26+,27-/m1/s1. The molecule has 0 unspecified atom stereocenters. The van der Waals surface area contributed by atoms with Crippen molar-refractivity contribution in [1.29, 1.82) is 0 Å². The molecule has 1 saturated heterocycles. The fraction of sp³-hybridized carbons (Fsp3) is 0.433. The fourth-order valence-corrected chi connectivity index (χ4v) is 5.27. The number of carbonyl (C=O) groups is 1. The maximum atomic E-state index is 13.1. The molecule has 3 aromatic rings. The third-order valence-corrected chi connectivity index (χ3v) is 7.06. The van der Waals surface area contributed by atoms with E-state index in [-0.39, 0.29) is 23.3 Å².